The number of thioether (sulfide) groups is 4. The fourth-order valence-electron chi connectivity index (χ4n) is 3.56. The molecule has 2 N–H and O–H groups in total. The van der Waals surface area contributed by atoms with Crippen LogP contribution in [-0.2, 0) is 47.7 Å². The normalized spacial score (nSPS) is 13.0. The molecule has 16 heteroatoms. The molecule has 12 nitrogen and oxygen atoms in total. The van der Waals surface area contributed by atoms with Gasteiger partial charge >= 0.3 is 23.9 Å². The van der Waals surface area contributed by atoms with Crippen LogP contribution in [0.5, 0.6) is 0 Å². The van der Waals surface area contributed by atoms with Gasteiger partial charge < -0.3 is 29.6 Å². The van der Waals surface area contributed by atoms with E-state index in [1.54, 1.807) is 27.7 Å². The van der Waals surface area contributed by atoms with E-state index in [0.717, 1.165) is 47.0 Å². The summed E-state index contributed by atoms with van der Waals surface area (Å²) in [6, 6.07) is 0. The molecule has 2 aliphatic rings. The second-order valence-corrected chi connectivity index (χ2v) is 12.6. The lowest BCUT2D eigenvalue weighted by Crippen LogP contribution is -2.19. The SMILES string of the molecule is CCOC(=O)C(C(=O)OCC)=C1Sc2c(NC(C)=O)c3c(c(NC(C)=O)c2S1)SC(=C(C(=O)OCC)C(=O)OCC)S3. The van der Waals surface area contributed by atoms with E-state index < -0.39 is 35.7 Å². The Hall–Kier alpha value is -3.08. The van der Waals surface area contributed by atoms with E-state index in [2.05, 4.69) is 10.6 Å². The number of hydrogen-bond acceptors (Lipinski definition) is 14. The monoisotopic (exact) mass is 656 g/mol. The maximum absolute atomic E-state index is 12.8. The summed E-state index contributed by atoms with van der Waals surface area (Å²) in [6.45, 7) is 9.09. The molecular formula is C26H28N2O10S4. The van der Waals surface area contributed by atoms with Crippen LogP contribution in [0.25, 0.3) is 0 Å². The van der Waals surface area contributed by atoms with Crippen LogP contribution in [-0.4, -0.2) is 62.1 Å². The second kappa shape index (κ2) is 14.9. The highest BCUT2D eigenvalue weighted by molar-refractivity contribution is 8.26. The number of esters is 4. The van der Waals surface area contributed by atoms with Crippen molar-refractivity contribution in [1.82, 2.24) is 0 Å². The summed E-state index contributed by atoms with van der Waals surface area (Å²) in [4.78, 5) is 77.7. The highest BCUT2D eigenvalue weighted by Crippen LogP contribution is 2.67. The first-order chi connectivity index (χ1) is 20.0. The lowest BCUT2D eigenvalue weighted by Gasteiger charge is -2.17. The quantitative estimate of drug-likeness (QED) is 0.0891. The highest BCUT2D eigenvalue weighted by Gasteiger charge is 2.41. The first-order valence-electron chi connectivity index (χ1n) is 12.7. The van der Waals surface area contributed by atoms with E-state index in [1.165, 1.54) is 13.8 Å². The third kappa shape index (κ3) is 7.27. The first-order valence-corrected chi connectivity index (χ1v) is 15.9. The summed E-state index contributed by atoms with van der Waals surface area (Å²) >= 11 is 4.08. The Bertz CT molecular complexity index is 1230. The van der Waals surface area contributed by atoms with Crippen molar-refractivity contribution < 1.29 is 47.7 Å². The predicted molar refractivity (Wildman–Crippen MR) is 159 cm³/mol. The third-order valence-electron chi connectivity index (χ3n) is 5.03. The molecule has 0 unspecified atom stereocenters. The zero-order valence-electron chi connectivity index (χ0n) is 23.5. The Kier molecular flexibility index (Phi) is 11.8. The van der Waals surface area contributed by atoms with Crippen LogP contribution in [0.1, 0.15) is 41.5 Å². The van der Waals surface area contributed by atoms with Crippen LogP contribution in [0, 0.1) is 0 Å². The average Bonchev–Trinajstić information content (AvgIpc) is 3.52. The van der Waals surface area contributed by atoms with E-state index in [1.807, 2.05) is 0 Å². The summed E-state index contributed by atoms with van der Waals surface area (Å²) in [7, 11) is 0. The number of fused-ring (bicyclic) bond motifs is 2. The molecule has 0 saturated carbocycles. The minimum Gasteiger partial charge on any atom is -0.462 e. The first kappa shape index (κ1) is 33.4. The molecule has 1 aromatic rings. The lowest BCUT2D eigenvalue weighted by molar-refractivity contribution is -0.148. The molecule has 1 aromatic carbocycles. The summed E-state index contributed by atoms with van der Waals surface area (Å²) < 4.78 is 20.9. The summed E-state index contributed by atoms with van der Waals surface area (Å²) in [5.41, 5.74) is -0.0257. The fraction of sp³-hybridized carbons (Fsp3) is 0.385. The molecule has 226 valence electrons. The second-order valence-electron chi connectivity index (χ2n) is 8.04. The van der Waals surface area contributed by atoms with Crippen LogP contribution >= 0.6 is 47.0 Å². The van der Waals surface area contributed by atoms with Gasteiger partial charge in [-0.2, -0.15) is 0 Å². The van der Waals surface area contributed by atoms with E-state index in [-0.39, 0.29) is 46.0 Å². The van der Waals surface area contributed by atoms with Crippen molar-refractivity contribution in [3.8, 4) is 0 Å². The van der Waals surface area contributed by atoms with Gasteiger partial charge in [0, 0.05) is 13.8 Å². The van der Waals surface area contributed by atoms with E-state index in [9.17, 15) is 28.8 Å². The third-order valence-corrected chi connectivity index (χ3v) is 10.3. The van der Waals surface area contributed by atoms with Gasteiger partial charge in [-0.25, -0.2) is 19.2 Å². The molecule has 2 heterocycles. The van der Waals surface area contributed by atoms with Gasteiger partial charge in [-0.05, 0) is 27.7 Å². The van der Waals surface area contributed by atoms with Gasteiger partial charge in [-0.1, -0.05) is 47.0 Å². The number of amides is 2. The van der Waals surface area contributed by atoms with Crippen LogP contribution in [0.4, 0.5) is 11.4 Å². The molecule has 0 radical (unpaired) electrons. The molecule has 0 saturated heterocycles. The van der Waals surface area contributed by atoms with Gasteiger partial charge in [-0.3, -0.25) is 9.59 Å². The average molecular weight is 657 g/mol. The molecule has 3 rings (SSSR count). The Balaban J connectivity index is 2.31. The smallest absolute Gasteiger partial charge is 0.347 e. The van der Waals surface area contributed by atoms with Gasteiger partial charge in [0.25, 0.3) is 0 Å². The summed E-state index contributed by atoms with van der Waals surface area (Å²) in [6.07, 6.45) is 0. The van der Waals surface area contributed by atoms with Crippen LogP contribution < -0.4 is 10.6 Å². The minimum atomic E-state index is -0.879. The van der Waals surface area contributed by atoms with E-state index in [4.69, 9.17) is 18.9 Å². The zero-order valence-corrected chi connectivity index (χ0v) is 26.8. The molecule has 0 aliphatic carbocycles. The van der Waals surface area contributed by atoms with Crippen LogP contribution in [0.2, 0.25) is 0 Å². The Morgan fingerprint density at radius 1 is 0.500 bits per heavy atom. The highest BCUT2D eigenvalue weighted by atomic mass is 32.2. The van der Waals surface area contributed by atoms with Crippen molar-refractivity contribution in [3.63, 3.8) is 0 Å². The molecule has 0 aromatic heterocycles. The largest absolute Gasteiger partial charge is 0.462 e. The number of rotatable bonds is 10. The Morgan fingerprint density at radius 3 is 0.929 bits per heavy atom. The van der Waals surface area contributed by atoms with Crippen molar-refractivity contribution in [2.24, 2.45) is 0 Å². The molecule has 42 heavy (non-hydrogen) atoms. The maximum Gasteiger partial charge on any atom is 0.347 e. The van der Waals surface area contributed by atoms with Crippen LogP contribution in [0.3, 0.4) is 0 Å². The number of anilines is 2. The molecular weight excluding hydrogens is 629 g/mol. The van der Waals surface area contributed by atoms with Crippen LogP contribution in [0.15, 0.2) is 39.2 Å². The van der Waals surface area contributed by atoms with Gasteiger partial charge in [0.1, 0.15) is 0 Å². The number of ether oxygens (including phenoxy) is 4. The summed E-state index contributed by atoms with van der Waals surface area (Å²) in [5.74, 6) is -4.37. The fourth-order valence-corrected chi connectivity index (χ4v) is 9.14. The number of hydrogen-bond donors (Lipinski definition) is 2. The predicted octanol–water partition coefficient (Wildman–Crippen LogP) is 4.67. The molecule has 0 bridgehead atoms. The number of carbonyl (C=O) groups is 6. The molecule has 2 amide bonds. The Labute approximate surface area is 258 Å². The van der Waals surface area contributed by atoms with Gasteiger partial charge in [-0.15, -0.1) is 0 Å². The number of benzene rings is 1. The topological polar surface area (TPSA) is 163 Å². The zero-order chi connectivity index (χ0) is 31.1. The van der Waals surface area contributed by atoms with Crippen molar-refractivity contribution in [1.29, 1.82) is 0 Å². The number of nitrogens with one attached hydrogen (secondary N) is 2. The minimum absolute atomic E-state index is 0.0194. The molecule has 0 fully saturated rings. The Morgan fingerprint density at radius 2 is 0.738 bits per heavy atom. The maximum atomic E-state index is 12.8. The lowest BCUT2D eigenvalue weighted by atomic mass is 10.2. The standard InChI is InChI=1S/C26H28N2O10S4/c1-7-35-21(31)13(22(32)36-8-2)25-39-17-15(27-11(5)29)19-20(16(18(17)40-25)28-12(6)30)42-26(41-19)14(23(33)37-9-3)24(34)38-10-4/h7-10H2,1-6H3,(H,27,29)(H,28,30). The van der Waals surface area contributed by atoms with Crippen molar-refractivity contribution in [2.45, 2.75) is 61.1 Å². The van der Waals surface area contributed by atoms with E-state index in [0.29, 0.717) is 31.0 Å². The van der Waals surface area contributed by atoms with Crippen molar-refractivity contribution in [3.05, 3.63) is 19.6 Å². The van der Waals surface area contributed by atoms with Crippen molar-refractivity contribution >= 4 is 94.1 Å². The summed E-state index contributed by atoms with van der Waals surface area (Å²) in [5, 5.41) is 5.59. The molecule has 0 atom stereocenters. The number of carbonyl (C=O) groups excluding carboxylic acids is 6. The molecule has 2 aliphatic heterocycles. The molecule has 0 spiro atoms. The van der Waals surface area contributed by atoms with Crippen molar-refractivity contribution in [2.75, 3.05) is 37.1 Å². The van der Waals surface area contributed by atoms with Gasteiger partial charge in [0.2, 0.25) is 11.8 Å². The van der Waals surface area contributed by atoms with Gasteiger partial charge in [0.15, 0.2) is 11.1 Å². The van der Waals surface area contributed by atoms with Gasteiger partial charge in [0.05, 0.1) is 65.9 Å². The van der Waals surface area contributed by atoms with E-state index >= 15 is 0 Å².